The Hall–Kier alpha value is -2.17. The van der Waals surface area contributed by atoms with Gasteiger partial charge < -0.3 is 5.32 Å². The Morgan fingerprint density at radius 3 is 2.74 bits per heavy atom. The van der Waals surface area contributed by atoms with Crippen LogP contribution in [0.3, 0.4) is 0 Å². The monoisotopic (exact) mass is 262 g/mol. The Kier molecular flexibility index (Phi) is 5.73. The van der Waals surface area contributed by atoms with E-state index in [9.17, 15) is 14.9 Å². The normalized spacial score (nSPS) is 9.95. The summed E-state index contributed by atoms with van der Waals surface area (Å²) >= 11 is 0. The van der Waals surface area contributed by atoms with Crippen molar-refractivity contribution in [3.63, 3.8) is 0 Å². The van der Waals surface area contributed by atoms with Gasteiger partial charge in [0.05, 0.1) is 4.92 Å². The van der Waals surface area contributed by atoms with E-state index in [-0.39, 0.29) is 11.6 Å². The maximum absolute atomic E-state index is 11.9. The first-order valence-corrected chi connectivity index (χ1v) is 6.28. The van der Waals surface area contributed by atoms with Gasteiger partial charge in [0.2, 0.25) is 0 Å². The summed E-state index contributed by atoms with van der Waals surface area (Å²) in [7, 11) is 0. The van der Waals surface area contributed by atoms with Crippen LogP contribution in [0.25, 0.3) is 6.08 Å². The van der Waals surface area contributed by atoms with E-state index in [1.54, 1.807) is 6.07 Å². The highest BCUT2D eigenvalue weighted by molar-refractivity contribution is 5.95. The zero-order valence-corrected chi connectivity index (χ0v) is 11.0. The number of nitro groups is 1. The molecule has 0 aliphatic heterocycles. The maximum atomic E-state index is 11.9. The van der Waals surface area contributed by atoms with Gasteiger partial charge in [-0.15, -0.1) is 0 Å². The van der Waals surface area contributed by atoms with Gasteiger partial charge in [-0.3, -0.25) is 14.9 Å². The van der Waals surface area contributed by atoms with Gasteiger partial charge in [0.25, 0.3) is 11.6 Å². The number of carbonyl (C=O) groups excluding carboxylic acids is 1. The highest BCUT2D eigenvalue weighted by Gasteiger charge is 2.13. The van der Waals surface area contributed by atoms with Gasteiger partial charge in [0.15, 0.2) is 0 Å². The van der Waals surface area contributed by atoms with E-state index in [0.29, 0.717) is 17.7 Å². The Bertz CT molecular complexity index is 484. The second-order valence-corrected chi connectivity index (χ2v) is 4.24. The smallest absolute Gasteiger partial charge is 0.270 e. The largest absolute Gasteiger partial charge is 0.352 e. The van der Waals surface area contributed by atoms with Crippen molar-refractivity contribution in [3.8, 4) is 0 Å². The van der Waals surface area contributed by atoms with Gasteiger partial charge >= 0.3 is 0 Å². The second-order valence-electron chi connectivity index (χ2n) is 4.24. The highest BCUT2D eigenvalue weighted by Crippen LogP contribution is 2.18. The van der Waals surface area contributed by atoms with E-state index < -0.39 is 4.92 Å². The predicted octanol–water partition coefficient (Wildman–Crippen LogP) is 3.16. The van der Waals surface area contributed by atoms with Crippen LogP contribution in [-0.2, 0) is 0 Å². The molecule has 0 aromatic heterocycles. The lowest BCUT2D eigenvalue weighted by Crippen LogP contribution is -2.24. The lowest BCUT2D eigenvalue weighted by Gasteiger charge is -2.05. The molecule has 0 saturated carbocycles. The van der Waals surface area contributed by atoms with Gasteiger partial charge in [-0.2, -0.15) is 0 Å². The van der Waals surface area contributed by atoms with Crippen LogP contribution in [0.4, 0.5) is 5.69 Å². The zero-order valence-electron chi connectivity index (χ0n) is 11.0. The molecule has 0 spiro atoms. The van der Waals surface area contributed by atoms with Crippen LogP contribution in [0.2, 0.25) is 0 Å². The molecule has 1 aromatic rings. The van der Waals surface area contributed by atoms with Crippen LogP contribution in [0.5, 0.6) is 0 Å². The average Bonchev–Trinajstić information content (AvgIpc) is 2.42. The summed E-state index contributed by atoms with van der Waals surface area (Å²) in [6.07, 6.45) is 4.52. The maximum Gasteiger partial charge on any atom is 0.270 e. The minimum absolute atomic E-state index is 0.101. The summed E-state index contributed by atoms with van der Waals surface area (Å²) in [5, 5.41) is 13.5. The quantitative estimate of drug-likeness (QED) is 0.466. The molecule has 1 amide bonds. The first-order valence-electron chi connectivity index (χ1n) is 6.28. The average molecular weight is 262 g/mol. The molecule has 1 aromatic carbocycles. The summed E-state index contributed by atoms with van der Waals surface area (Å²) in [4.78, 5) is 22.2. The van der Waals surface area contributed by atoms with Crippen molar-refractivity contribution in [3.05, 3.63) is 46.0 Å². The van der Waals surface area contributed by atoms with Crippen LogP contribution in [-0.4, -0.2) is 17.4 Å². The molecule has 0 aliphatic carbocycles. The highest BCUT2D eigenvalue weighted by atomic mass is 16.6. The fraction of sp³-hybridized carbons (Fsp3) is 0.357. The number of unbranched alkanes of at least 4 members (excludes halogenated alkanes) is 2. The third-order valence-electron chi connectivity index (χ3n) is 2.71. The van der Waals surface area contributed by atoms with E-state index in [0.717, 1.165) is 19.3 Å². The van der Waals surface area contributed by atoms with E-state index in [1.807, 2.05) is 0 Å². The van der Waals surface area contributed by atoms with E-state index >= 15 is 0 Å². The summed E-state index contributed by atoms with van der Waals surface area (Å²) < 4.78 is 0. The second kappa shape index (κ2) is 7.31. The minimum atomic E-state index is -0.513. The summed E-state index contributed by atoms with van der Waals surface area (Å²) in [6.45, 7) is 6.23. The number of non-ortho nitro benzene ring substituents is 1. The lowest BCUT2D eigenvalue weighted by molar-refractivity contribution is -0.384. The Morgan fingerprint density at radius 2 is 2.16 bits per heavy atom. The predicted molar refractivity (Wildman–Crippen MR) is 75.0 cm³/mol. The number of nitrogens with one attached hydrogen (secondary N) is 1. The number of nitro benzene ring substituents is 1. The van der Waals surface area contributed by atoms with Crippen LogP contribution >= 0.6 is 0 Å². The lowest BCUT2D eigenvalue weighted by atomic mass is 10.1. The molecule has 0 fully saturated rings. The van der Waals surface area contributed by atoms with Gasteiger partial charge in [-0.1, -0.05) is 32.4 Å². The van der Waals surface area contributed by atoms with Crippen LogP contribution in [0.1, 0.15) is 42.1 Å². The summed E-state index contributed by atoms with van der Waals surface area (Å²) in [6, 6.07) is 4.26. The molecule has 0 unspecified atom stereocenters. The third-order valence-corrected chi connectivity index (χ3v) is 2.71. The van der Waals surface area contributed by atoms with E-state index in [4.69, 9.17) is 0 Å². The molecule has 0 saturated heterocycles. The molecule has 0 heterocycles. The molecule has 1 rings (SSSR count). The van der Waals surface area contributed by atoms with Gasteiger partial charge in [0.1, 0.15) is 0 Å². The SMILES string of the molecule is C=Cc1cc(C(=O)NCCCCC)cc([N+](=O)[O-])c1. The van der Waals surface area contributed by atoms with Crippen LogP contribution in [0.15, 0.2) is 24.8 Å². The van der Waals surface area contributed by atoms with Crippen molar-refractivity contribution in [1.29, 1.82) is 0 Å². The van der Waals surface area contributed by atoms with E-state index in [1.165, 1.54) is 18.2 Å². The van der Waals surface area contributed by atoms with Gasteiger partial charge in [-0.05, 0) is 18.1 Å². The summed E-state index contributed by atoms with van der Waals surface area (Å²) in [5.41, 5.74) is 0.754. The van der Waals surface area contributed by atoms with Crippen molar-refractivity contribution in [2.45, 2.75) is 26.2 Å². The number of nitrogens with zero attached hydrogens (tertiary/aromatic N) is 1. The molecule has 19 heavy (non-hydrogen) atoms. The standard InChI is InChI=1S/C14H18N2O3/c1-3-5-6-7-15-14(17)12-8-11(4-2)9-13(10-12)16(18)19/h4,8-10H,2-3,5-7H2,1H3,(H,15,17). The molecular formula is C14H18N2O3. The van der Waals surface area contributed by atoms with Gasteiger partial charge in [-0.25, -0.2) is 0 Å². The van der Waals surface area contributed by atoms with Crippen molar-refractivity contribution in [2.24, 2.45) is 0 Å². The molecular weight excluding hydrogens is 244 g/mol. The summed E-state index contributed by atoms with van der Waals surface area (Å²) in [5.74, 6) is -0.289. The number of rotatable bonds is 7. The number of hydrogen-bond donors (Lipinski definition) is 1. The van der Waals surface area contributed by atoms with Crippen molar-refractivity contribution < 1.29 is 9.72 Å². The topological polar surface area (TPSA) is 72.2 Å². The fourth-order valence-corrected chi connectivity index (χ4v) is 1.67. The molecule has 1 N–H and O–H groups in total. The van der Waals surface area contributed by atoms with E-state index in [2.05, 4.69) is 18.8 Å². The molecule has 5 heteroatoms. The Labute approximate surface area is 112 Å². The Balaban J connectivity index is 2.81. The minimum Gasteiger partial charge on any atom is -0.352 e. The molecule has 0 radical (unpaired) electrons. The molecule has 102 valence electrons. The van der Waals surface area contributed by atoms with Crippen LogP contribution < -0.4 is 5.32 Å². The first kappa shape index (κ1) is 14.9. The van der Waals surface area contributed by atoms with Crippen LogP contribution in [0, 0.1) is 10.1 Å². The molecule has 0 bridgehead atoms. The molecule has 0 atom stereocenters. The van der Waals surface area contributed by atoms with Crippen molar-refractivity contribution in [1.82, 2.24) is 5.32 Å². The molecule has 0 aliphatic rings. The Morgan fingerprint density at radius 1 is 1.42 bits per heavy atom. The number of carbonyl (C=O) groups is 1. The number of amides is 1. The van der Waals surface area contributed by atoms with Gasteiger partial charge in [0, 0.05) is 24.2 Å². The molecule has 5 nitrogen and oxygen atoms in total. The zero-order chi connectivity index (χ0) is 14.3. The number of benzene rings is 1. The fourth-order valence-electron chi connectivity index (χ4n) is 1.67. The van der Waals surface area contributed by atoms with Crippen molar-refractivity contribution in [2.75, 3.05) is 6.54 Å². The third kappa shape index (κ3) is 4.54. The number of hydrogen-bond acceptors (Lipinski definition) is 3. The van der Waals surface area contributed by atoms with Crippen molar-refractivity contribution >= 4 is 17.7 Å². The first-order chi connectivity index (χ1) is 9.08.